The summed E-state index contributed by atoms with van der Waals surface area (Å²) in [6.07, 6.45) is 4.37. The Hall–Kier alpha value is -2.59. The van der Waals surface area contributed by atoms with E-state index in [9.17, 15) is 14.9 Å². The van der Waals surface area contributed by atoms with E-state index < -0.39 is 11.9 Å². The van der Waals surface area contributed by atoms with Gasteiger partial charge in [0, 0.05) is 11.7 Å². The van der Waals surface area contributed by atoms with Gasteiger partial charge in [-0.05, 0) is 43.7 Å². The van der Waals surface area contributed by atoms with Gasteiger partial charge in [0.25, 0.3) is 5.91 Å². The highest BCUT2D eigenvalue weighted by atomic mass is 32.1. The quantitative estimate of drug-likeness (QED) is 0.807. The van der Waals surface area contributed by atoms with Gasteiger partial charge in [0.2, 0.25) is 0 Å². The number of hydrogen-bond donors (Lipinski definition) is 1. The number of nitrogens with zero attached hydrogens (tertiary/aromatic N) is 2. The molecule has 7 heteroatoms. The van der Waals surface area contributed by atoms with Crippen LogP contribution in [0.5, 0.6) is 0 Å². The molecule has 1 aliphatic carbocycles. The summed E-state index contributed by atoms with van der Waals surface area (Å²) in [5, 5.41) is 14.1. The predicted molar refractivity (Wildman–Crippen MR) is 99.4 cm³/mol. The van der Waals surface area contributed by atoms with Crippen LogP contribution in [0, 0.1) is 25.2 Å². The van der Waals surface area contributed by atoms with Gasteiger partial charge >= 0.3 is 5.97 Å². The molecule has 0 atom stereocenters. The first-order chi connectivity index (χ1) is 12.5. The van der Waals surface area contributed by atoms with Gasteiger partial charge in [-0.25, -0.2) is 4.79 Å². The number of rotatable bonds is 5. The largest absolute Gasteiger partial charge is 0.451 e. The first kappa shape index (κ1) is 18.2. The lowest BCUT2D eigenvalue weighted by molar-refractivity contribution is -0.119. The maximum atomic E-state index is 12.3. The van der Waals surface area contributed by atoms with Crippen LogP contribution in [-0.4, -0.2) is 23.1 Å². The second-order valence-corrected chi connectivity index (χ2v) is 7.40. The molecular weight excluding hydrogens is 350 g/mol. The normalized spacial score (nSPS) is 14.2. The van der Waals surface area contributed by atoms with Crippen LogP contribution in [0.2, 0.25) is 0 Å². The summed E-state index contributed by atoms with van der Waals surface area (Å²) in [7, 11) is 0. The highest BCUT2D eigenvalue weighted by Gasteiger charge is 2.26. The molecule has 2 heterocycles. The van der Waals surface area contributed by atoms with Gasteiger partial charge in [-0.2, -0.15) is 5.26 Å². The monoisotopic (exact) mass is 371 g/mol. The Bertz CT molecular complexity index is 856. The number of hydrogen-bond acceptors (Lipinski definition) is 5. The summed E-state index contributed by atoms with van der Waals surface area (Å²) in [6, 6.07) is 5.89. The molecule has 0 saturated heterocycles. The fourth-order valence-corrected chi connectivity index (χ4v) is 4.09. The van der Waals surface area contributed by atoms with Crippen molar-refractivity contribution in [2.24, 2.45) is 0 Å². The Balaban J connectivity index is 1.76. The molecule has 2 aromatic heterocycles. The summed E-state index contributed by atoms with van der Waals surface area (Å²) >= 11 is 1.26. The van der Waals surface area contributed by atoms with E-state index in [2.05, 4.69) is 16.0 Å². The van der Waals surface area contributed by atoms with E-state index in [4.69, 9.17) is 4.74 Å². The molecule has 1 fully saturated rings. The van der Waals surface area contributed by atoms with Crippen molar-refractivity contribution in [1.82, 2.24) is 4.57 Å². The first-order valence-electron chi connectivity index (χ1n) is 8.65. The summed E-state index contributed by atoms with van der Waals surface area (Å²) in [6.45, 7) is 3.49. The maximum Gasteiger partial charge on any atom is 0.348 e. The van der Waals surface area contributed by atoms with Crippen molar-refractivity contribution in [3.8, 4) is 6.07 Å². The average Bonchev–Trinajstić information content (AvgIpc) is 3.36. The lowest BCUT2D eigenvalue weighted by Gasteiger charge is -2.19. The predicted octanol–water partition coefficient (Wildman–Crippen LogP) is 3.95. The minimum atomic E-state index is -0.519. The zero-order chi connectivity index (χ0) is 18.7. The summed E-state index contributed by atoms with van der Waals surface area (Å²) in [4.78, 5) is 24.7. The number of amides is 1. The Morgan fingerprint density at radius 2 is 2.12 bits per heavy atom. The van der Waals surface area contributed by atoms with Crippen LogP contribution < -0.4 is 5.32 Å². The number of aromatic nitrogens is 1. The van der Waals surface area contributed by atoms with Crippen LogP contribution >= 0.6 is 11.3 Å². The number of nitriles is 1. The second kappa shape index (κ2) is 7.75. The van der Waals surface area contributed by atoms with Gasteiger partial charge in [0.05, 0.1) is 5.56 Å². The molecule has 0 aliphatic heterocycles. The van der Waals surface area contributed by atoms with E-state index in [-0.39, 0.29) is 6.61 Å². The van der Waals surface area contributed by atoms with Gasteiger partial charge in [-0.3, -0.25) is 4.79 Å². The molecule has 26 heavy (non-hydrogen) atoms. The number of anilines is 1. The van der Waals surface area contributed by atoms with E-state index in [1.165, 1.54) is 11.3 Å². The fraction of sp³-hybridized carbons (Fsp3) is 0.421. The number of carbonyl (C=O) groups excluding carboxylic acids is 2. The van der Waals surface area contributed by atoms with Crippen molar-refractivity contribution in [3.05, 3.63) is 39.2 Å². The van der Waals surface area contributed by atoms with Crippen LogP contribution in [-0.2, 0) is 9.53 Å². The minimum absolute atomic E-state index is 0.291. The molecule has 136 valence electrons. The SMILES string of the molecule is Cc1c(C#N)c(NC(=O)COC(=O)c2cccs2)n(C2CCCC2)c1C. The van der Waals surface area contributed by atoms with Crippen molar-refractivity contribution in [2.75, 3.05) is 11.9 Å². The van der Waals surface area contributed by atoms with Gasteiger partial charge < -0.3 is 14.6 Å². The van der Waals surface area contributed by atoms with Crippen LogP contribution in [0.15, 0.2) is 17.5 Å². The van der Waals surface area contributed by atoms with E-state index in [0.717, 1.165) is 36.9 Å². The topological polar surface area (TPSA) is 84.1 Å². The Kier molecular flexibility index (Phi) is 5.43. The third-order valence-corrected chi connectivity index (χ3v) is 5.72. The van der Waals surface area contributed by atoms with Crippen LogP contribution in [0.1, 0.15) is 58.2 Å². The molecule has 0 radical (unpaired) electrons. The van der Waals surface area contributed by atoms with Crippen molar-refractivity contribution in [1.29, 1.82) is 5.26 Å². The Labute approximate surface area is 156 Å². The number of thiophene rings is 1. The molecule has 1 amide bonds. The molecule has 2 aromatic rings. The molecule has 1 N–H and O–H groups in total. The molecule has 1 aliphatic rings. The minimum Gasteiger partial charge on any atom is -0.451 e. The van der Waals surface area contributed by atoms with Gasteiger partial charge in [-0.1, -0.05) is 18.9 Å². The van der Waals surface area contributed by atoms with Crippen LogP contribution in [0.3, 0.4) is 0 Å². The number of ether oxygens (including phenoxy) is 1. The van der Waals surface area contributed by atoms with E-state index in [0.29, 0.717) is 22.3 Å². The molecule has 0 aromatic carbocycles. The zero-order valence-corrected chi connectivity index (χ0v) is 15.7. The number of nitrogens with one attached hydrogen (secondary N) is 1. The molecule has 0 bridgehead atoms. The van der Waals surface area contributed by atoms with E-state index in [1.54, 1.807) is 17.5 Å². The van der Waals surface area contributed by atoms with Crippen molar-refractivity contribution < 1.29 is 14.3 Å². The molecular formula is C19H21N3O3S. The molecule has 0 unspecified atom stereocenters. The molecule has 0 spiro atoms. The summed E-state index contributed by atoms with van der Waals surface area (Å²) in [5.74, 6) is -0.441. The van der Waals surface area contributed by atoms with Gasteiger partial charge in [0.15, 0.2) is 6.61 Å². The van der Waals surface area contributed by atoms with Crippen LogP contribution in [0.25, 0.3) is 0 Å². The third-order valence-electron chi connectivity index (χ3n) is 4.87. The maximum absolute atomic E-state index is 12.3. The average molecular weight is 371 g/mol. The van der Waals surface area contributed by atoms with Gasteiger partial charge in [-0.15, -0.1) is 11.3 Å². The lowest BCUT2D eigenvalue weighted by Crippen LogP contribution is -2.23. The smallest absolute Gasteiger partial charge is 0.348 e. The van der Waals surface area contributed by atoms with E-state index >= 15 is 0 Å². The van der Waals surface area contributed by atoms with Gasteiger partial charge in [0.1, 0.15) is 16.8 Å². The van der Waals surface area contributed by atoms with Crippen LogP contribution in [0.4, 0.5) is 5.82 Å². The zero-order valence-electron chi connectivity index (χ0n) is 14.9. The molecule has 1 saturated carbocycles. The molecule has 6 nitrogen and oxygen atoms in total. The molecule has 3 rings (SSSR count). The summed E-state index contributed by atoms with van der Waals surface area (Å²) in [5.41, 5.74) is 2.36. The van der Waals surface area contributed by atoms with Crippen molar-refractivity contribution in [2.45, 2.75) is 45.6 Å². The number of carbonyl (C=O) groups is 2. The Morgan fingerprint density at radius 1 is 1.38 bits per heavy atom. The summed E-state index contributed by atoms with van der Waals surface area (Å²) < 4.78 is 7.13. The standard InChI is InChI=1S/C19H21N3O3S/c1-12-13(2)22(14-6-3-4-7-14)18(15(12)10-20)21-17(23)11-25-19(24)16-8-5-9-26-16/h5,8-9,14H,3-4,6-7,11H2,1-2H3,(H,21,23). The van der Waals surface area contributed by atoms with E-state index in [1.807, 2.05) is 13.8 Å². The van der Waals surface area contributed by atoms with Crippen molar-refractivity contribution in [3.63, 3.8) is 0 Å². The first-order valence-corrected chi connectivity index (χ1v) is 9.52. The Morgan fingerprint density at radius 3 is 2.73 bits per heavy atom. The highest BCUT2D eigenvalue weighted by molar-refractivity contribution is 7.11. The highest BCUT2D eigenvalue weighted by Crippen LogP contribution is 2.37. The lowest BCUT2D eigenvalue weighted by atomic mass is 10.2. The number of esters is 1. The fourth-order valence-electron chi connectivity index (χ4n) is 3.47. The van der Waals surface area contributed by atoms with Crippen molar-refractivity contribution >= 4 is 29.0 Å². The second-order valence-electron chi connectivity index (χ2n) is 6.46. The third kappa shape index (κ3) is 3.51.